The fourth-order valence-corrected chi connectivity index (χ4v) is 2.48. The van der Waals surface area contributed by atoms with Crippen LogP contribution in [-0.2, 0) is 4.74 Å². The summed E-state index contributed by atoms with van der Waals surface area (Å²) < 4.78 is 24.8. The highest BCUT2D eigenvalue weighted by molar-refractivity contribution is 6.04. The third kappa shape index (κ3) is 4.08. The normalized spacial score (nSPS) is 16.8. The predicted molar refractivity (Wildman–Crippen MR) is 87.8 cm³/mol. The first kappa shape index (κ1) is 16.4. The molecule has 1 aliphatic rings. The van der Waals surface area contributed by atoms with Gasteiger partial charge in [0.2, 0.25) is 0 Å². The maximum absolute atomic E-state index is 13.6. The zero-order valence-corrected chi connectivity index (χ0v) is 13.4. The molecule has 1 fully saturated rings. The molecule has 1 saturated heterocycles. The quantitative estimate of drug-likeness (QED) is 0.913. The van der Waals surface area contributed by atoms with E-state index in [9.17, 15) is 9.18 Å². The molecule has 0 bridgehead atoms. The van der Waals surface area contributed by atoms with Crippen molar-refractivity contribution in [2.45, 2.75) is 25.9 Å². The van der Waals surface area contributed by atoms with Gasteiger partial charge in [0.1, 0.15) is 18.2 Å². The number of benzene rings is 1. The van der Waals surface area contributed by atoms with E-state index in [0.717, 1.165) is 25.1 Å². The summed E-state index contributed by atoms with van der Waals surface area (Å²) in [5.74, 6) is -0.396. The minimum atomic E-state index is -0.447. The lowest BCUT2D eigenvalue weighted by molar-refractivity contribution is 0.0681. The molecule has 0 unspecified atom stereocenters. The Labute approximate surface area is 139 Å². The van der Waals surface area contributed by atoms with Gasteiger partial charge in [-0.2, -0.15) is 0 Å². The van der Waals surface area contributed by atoms with Gasteiger partial charge >= 0.3 is 0 Å². The molecular weight excluding hydrogens is 311 g/mol. The van der Waals surface area contributed by atoms with Crippen LogP contribution in [0.5, 0.6) is 5.75 Å². The van der Waals surface area contributed by atoms with Crippen LogP contribution in [0.15, 0.2) is 36.5 Å². The largest absolute Gasteiger partial charge is 0.489 e. The van der Waals surface area contributed by atoms with E-state index in [-0.39, 0.29) is 12.0 Å². The molecule has 1 aromatic carbocycles. The van der Waals surface area contributed by atoms with E-state index < -0.39 is 5.82 Å². The molecule has 0 aliphatic carbocycles. The van der Waals surface area contributed by atoms with Crippen molar-refractivity contribution in [3.8, 4) is 5.75 Å². The molecule has 0 saturated carbocycles. The highest BCUT2D eigenvalue weighted by atomic mass is 19.1. The fraction of sp³-hybridized carbons (Fsp3) is 0.333. The molecule has 1 aromatic heterocycles. The first-order valence-corrected chi connectivity index (χ1v) is 7.90. The summed E-state index contributed by atoms with van der Waals surface area (Å²) in [6, 6.07) is 7.46. The number of carbonyl (C=O) groups is 1. The monoisotopic (exact) mass is 330 g/mol. The van der Waals surface area contributed by atoms with Crippen LogP contribution in [0.2, 0.25) is 0 Å². The number of nitrogens with one attached hydrogen (secondary N) is 1. The summed E-state index contributed by atoms with van der Waals surface area (Å²) in [4.78, 5) is 16.4. The second kappa shape index (κ2) is 7.40. The van der Waals surface area contributed by atoms with E-state index in [1.807, 2.05) is 6.92 Å². The van der Waals surface area contributed by atoms with E-state index in [2.05, 4.69) is 10.3 Å². The number of ether oxygens (including phenoxy) is 2. The Balaban J connectivity index is 1.72. The number of rotatable bonds is 5. The van der Waals surface area contributed by atoms with Crippen molar-refractivity contribution in [2.75, 3.05) is 18.5 Å². The third-order valence-electron chi connectivity index (χ3n) is 3.81. The molecule has 126 valence electrons. The second-order valence-electron chi connectivity index (χ2n) is 5.73. The molecule has 6 heteroatoms. The Morgan fingerprint density at radius 1 is 1.42 bits per heavy atom. The zero-order valence-electron chi connectivity index (χ0n) is 13.4. The van der Waals surface area contributed by atoms with Crippen LogP contribution in [0, 0.1) is 12.7 Å². The molecule has 5 nitrogen and oxygen atoms in total. The highest BCUT2D eigenvalue weighted by Crippen LogP contribution is 2.27. The zero-order chi connectivity index (χ0) is 16.9. The van der Waals surface area contributed by atoms with Crippen LogP contribution in [0.25, 0.3) is 0 Å². The Morgan fingerprint density at radius 2 is 2.29 bits per heavy atom. The Kier molecular flexibility index (Phi) is 5.05. The third-order valence-corrected chi connectivity index (χ3v) is 3.81. The fourth-order valence-electron chi connectivity index (χ4n) is 2.48. The molecule has 0 radical (unpaired) electrons. The van der Waals surface area contributed by atoms with E-state index in [0.29, 0.717) is 23.6 Å². The van der Waals surface area contributed by atoms with Crippen molar-refractivity contribution in [1.29, 1.82) is 0 Å². The lowest BCUT2D eigenvalue weighted by Crippen LogP contribution is -2.18. The number of nitrogens with zero attached hydrogens (tertiary/aromatic N) is 1. The van der Waals surface area contributed by atoms with Gasteiger partial charge in [0.15, 0.2) is 0 Å². The number of hydrogen-bond donors (Lipinski definition) is 1. The number of anilines is 1. The maximum atomic E-state index is 13.6. The van der Waals surface area contributed by atoms with Crippen molar-refractivity contribution in [1.82, 2.24) is 4.98 Å². The molecule has 24 heavy (non-hydrogen) atoms. The molecule has 1 N–H and O–H groups in total. The van der Waals surface area contributed by atoms with Gasteiger partial charge in [-0.05, 0) is 44.0 Å². The standard InChI is InChI=1S/C18H19FN2O3/c1-12-4-5-13(10-20-12)18(22)21-16-9-14(19)6-7-17(16)24-11-15-3-2-8-23-15/h4-7,9-10,15H,2-3,8,11H2,1H3,(H,21,22)/t15-/m0/s1. The van der Waals surface area contributed by atoms with Gasteiger partial charge in [0, 0.05) is 24.6 Å². The molecular formula is C18H19FN2O3. The summed E-state index contributed by atoms with van der Waals surface area (Å²) in [6.07, 6.45) is 3.48. The smallest absolute Gasteiger partial charge is 0.257 e. The highest BCUT2D eigenvalue weighted by Gasteiger charge is 2.18. The van der Waals surface area contributed by atoms with E-state index in [4.69, 9.17) is 9.47 Å². The van der Waals surface area contributed by atoms with E-state index in [1.54, 1.807) is 12.1 Å². The lowest BCUT2D eigenvalue weighted by atomic mass is 10.2. The topological polar surface area (TPSA) is 60.5 Å². The number of hydrogen-bond acceptors (Lipinski definition) is 4. The van der Waals surface area contributed by atoms with Crippen molar-refractivity contribution in [3.05, 3.63) is 53.6 Å². The second-order valence-corrected chi connectivity index (χ2v) is 5.73. The molecule has 2 heterocycles. The van der Waals surface area contributed by atoms with Crippen molar-refractivity contribution in [3.63, 3.8) is 0 Å². The minimum absolute atomic E-state index is 0.0416. The van der Waals surface area contributed by atoms with Crippen LogP contribution in [0.3, 0.4) is 0 Å². The SMILES string of the molecule is Cc1ccc(C(=O)Nc2cc(F)ccc2OC[C@@H]2CCCO2)cn1. The molecule has 1 atom stereocenters. The number of amides is 1. The van der Waals surface area contributed by atoms with Gasteiger partial charge in [0.05, 0.1) is 17.4 Å². The predicted octanol–water partition coefficient (Wildman–Crippen LogP) is 3.34. The Bertz CT molecular complexity index is 713. The number of halogens is 1. The first-order valence-electron chi connectivity index (χ1n) is 7.90. The number of aromatic nitrogens is 1. The minimum Gasteiger partial charge on any atom is -0.489 e. The van der Waals surface area contributed by atoms with Crippen LogP contribution < -0.4 is 10.1 Å². The first-order chi connectivity index (χ1) is 11.6. The van der Waals surface area contributed by atoms with Gasteiger partial charge in [-0.25, -0.2) is 4.39 Å². The van der Waals surface area contributed by atoms with E-state index >= 15 is 0 Å². The number of pyridine rings is 1. The molecule has 1 aliphatic heterocycles. The van der Waals surface area contributed by atoms with Crippen LogP contribution in [0.4, 0.5) is 10.1 Å². The van der Waals surface area contributed by atoms with E-state index in [1.165, 1.54) is 24.4 Å². The summed E-state index contributed by atoms with van der Waals surface area (Å²) in [5.41, 5.74) is 1.51. The average molecular weight is 330 g/mol. The summed E-state index contributed by atoms with van der Waals surface area (Å²) in [5, 5.41) is 2.68. The van der Waals surface area contributed by atoms with Crippen molar-refractivity contribution in [2.24, 2.45) is 0 Å². The van der Waals surface area contributed by atoms with Gasteiger partial charge in [0.25, 0.3) is 5.91 Å². The molecule has 2 aromatic rings. The van der Waals surface area contributed by atoms with Gasteiger partial charge in [-0.15, -0.1) is 0 Å². The lowest BCUT2D eigenvalue weighted by Gasteiger charge is -2.15. The average Bonchev–Trinajstić information content (AvgIpc) is 3.08. The van der Waals surface area contributed by atoms with Crippen LogP contribution in [0.1, 0.15) is 28.9 Å². The molecule has 0 spiro atoms. The van der Waals surface area contributed by atoms with Crippen molar-refractivity contribution < 1.29 is 18.7 Å². The summed E-state index contributed by atoms with van der Waals surface area (Å²) in [6.45, 7) is 2.95. The summed E-state index contributed by atoms with van der Waals surface area (Å²) in [7, 11) is 0. The maximum Gasteiger partial charge on any atom is 0.257 e. The van der Waals surface area contributed by atoms with Gasteiger partial charge < -0.3 is 14.8 Å². The van der Waals surface area contributed by atoms with Crippen molar-refractivity contribution >= 4 is 11.6 Å². The van der Waals surface area contributed by atoms with Crippen LogP contribution in [-0.4, -0.2) is 30.2 Å². The number of aryl methyl sites for hydroxylation is 1. The van der Waals surface area contributed by atoms with Crippen LogP contribution >= 0.6 is 0 Å². The molecule has 1 amide bonds. The number of carbonyl (C=O) groups excluding carboxylic acids is 1. The Morgan fingerprint density at radius 3 is 3.00 bits per heavy atom. The summed E-state index contributed by atoms with van der Waals surface area (Å²) >= 11 is 0. The van der Waals surface area contributed by atoms with Gasteiger partial charge in [-0.3, -0.25) is 9.78 Å². The Hall–Kier alpha value is -2.47. The molecule has 3 rings (SSSR count). The van der Waals surface area contributed by atoms with Gasteiger partial charge in [-0.1, -0.05) is 0 Å².